The normalized spacial score (nSPS) is 14.5. The molecule has 13 nitrogen and oxygen atoms in total. The molecule has 0 aliphatic heterocycles. The molecule has 0 rings (SSSR count). The lowest BCUT2D eigenvalue weighted by Crippen LogP contribution is -2.58. The average Bonchev–Trinajstić information content (AvgIpc) is 2.73. The summed E-state index contributed by atoms with van der Waals surface area (Å²) in [4.78, 5) is 59.4. The maximum Gasteiger partial charge on any atom is 0.326 e. The third-order valence-electron chi connectivity index (χ3n) is 4.36. The first-order valence-electron chi connectivity index (χ1n) is 9.98. The highest BCUT2D eigenvalue weighted by molar-refractivity contribution is 7.98. The number of unbranched alkanes of at least 4 members (excludes halogenated alkanes) is 1. The van der Waals surface area contributed by atoms with Gasteiger partial charge in [0.25, 0.3) is 0 Å². The van der Waals surface area contributed by atoms with Gasteiger partial charge in [-0.15, -0.1) is 0 Å². The maximum atomic E-state index is 12.5. The van der Waals surface area contributed by atoms with Crippen molar-refractivity contribution in [1.82, 2.24) is 16.0 Å². The lowest BCUT2D eigenvalue weighted by Gasteiger charge is -2.23. The summed E-state index contributed by atoms with van der Waals surface area (Å²) in [6, 6.07) is -5.34. The number of hydrogen-bond donors (Lipinski definition) is 8. The summed E-state index contributed by atoms with van der Waals surface area (Å²) in [6.45, 7) is -0.457. The van der Waals surface area contributed by atoms with E-state index < -0.39 is 66.9 Å². The van der Waals surface area contributed by atoms with E-state index >= 15 is 0 Å². The van der Waals surface area contributed by atoms with E-state index in [0.717, 1.165) is 0 Å². The van der Waals surface area contributed by atoms with Gasteiger partial charge in [-0.3, -0.25) is 19.2 Å². The summed E-state index contributed by atoms with van der Waals surface area (Å²) in [5, 5.41) is 34.3. The number of amides is 3. The number of rotatable bonds is 17. The smallest absolute Gasteiger partial charge is 0.326 e. The second-order valence-electron chi connectivity index (χ2n) is 6.97. The number of thioether (sulfide) groups is 1. The standard InChI is InChI=1S/C18H33N5O8S/c1-32-7-5-11(18(30)31)21-17(29)13(9-24)23-16(28)12(8-14(25)26)22-15(27)10(20)4-2-3-6-19/h10-13,24H,2-9,19-20H2,1H3,(H,21,29)(H,22,27)(H,23,28)(H,25,26)(H,30,31). The molecular formula is C18H33N5O8S. The van der Waals surface area contributed by atoms with E-state index in [0.29, 0.717) is 25.1 Å². The van der Waals surface area contributed by atoms with Crippen LogP contribution in [0.4, 0.5) is 0 Å². The molecule has 0 saturated heterocycles. The van der Waals surface area contributed by atoms with Crippen molar-refractivity contribution in [2.45, 2.75) is 56.3 Å². The molecule has 0 radical (unpaired) electrons. The van der Waals surface area contributed by atoms with Crippen LogP contribution in [0, 0.1) is 0 Å². The lowest BCUT2D eigenvalue weighted by molar-refractivity contribution is -0.143. The number of hydrogen-bond acceptors (Lipinski definition) is 9. The Bertz CT molecular complexity index is 651. The molecular weight excluding hydrogens is 446 g/mol. The van der Waals surface area contributed by atoms with Gasteiger partial charge < -0.3 is 42.7 Å². The average molecular weight is 480 g/mol. The Labute approximate surface area is 190 Å². The summed E-state index contributed by atoms with van der Waals surface area (Å²) in [7, 11) is 0. The van der Waals surface area contributed by atoms with Crippen LogP contribution in [-0.4, -0.2) is 94.3 Å². The predicted molar refractivity (Wildman–Crippen MR) is 117 cm³/mol. The van der Waals surface area contributed by atoms with Gasteiger partial charge in [0, 0.05) is 0 Å². The largest absolute Gasteiger partial charge is 0.481 e. The van der Waals surface area contributed by atoms with Crippen molar-refractivity contribution in [2.75, 3.05) is 25.2 Å². The summed E-state index contributed by atoms with van der Waals surface area (Å²) in [5.41, 5.74) is 11.1. The van der Waals surface area contributed by atoms with Crippen LogP contribution in [0.2, 0.25) is 0 Å². The SMILES string of the molecule is CSCCC(NC(=O)C(CO)NC(=O)C(CC(=O)O)NC(=O)C(N)CCCCN)C(=O)O. The molecule has 0 aromatic carbocycles. The Morgan fingerprint density at radius 2 is 1.44 bits per heavy atom. The molecule has 0 aliphatic rings. The number of carbonyl (C=O) groups excluding carboxylic acids is 3. The first kappa shape index (κ1) is 29.6. The number of nitrogens with two attached hydrogens (primary N) is 2. The van der Waals surface area contributed by atoms with Crippen LogP contribution < -0.4 is 27.4 Å². The van der Waals surface area contributed by atoms with Crippen LogP contribution in [0.1, 0.15) is 32.1 Å². The van der Waals surface area contributed by atoms with Gasteiger partial charge in [0.05, 0.1) is 19.1 Å². The van der Waals surface area contributed by atoms with Crippen molar-refractivity contribution < 1.29 is 39.3 Å². The van der Waals surface area contributed by atoms with Crippen LogP contribution in [0.5, 0.6) is 0 Å². The monoisotopic (exact) mass is 479 g/mol. The molecule has 4 atom stereocenters. The molecule has 10 N–H and O–H groups in total. The third kappa shape index (κ3) is 11.8. The Hall–Kier alpha value is -2.42. The summed E-state index contributed by atoms with van der Waals surface area (Å²) in [6.07, 6.45) is 2.57. The van der Waals surface area contributed by atoms with E-state index in [1.165, 1.54) is 11.8 Å². The first-order valence-corrected chi connectivity index (χ1v) is 11.4. The molecule has 0 saturated carbocycles. The van der Waals surface area contributed by atoms with Gasteiger partial charge in [0.2, 0.25) is 17.7 Å². The lowest BCUT2D eigenvalue weighted by atomic mass is 10.1. The minimum atomic E-state index is -1.56. The third-order valence-corrected chi connectivity index (χ3v) is 5.00. The summed E-state index contributed by atoms with van der Waals surface area (Å²) >= 11 is 1.38. The molecule has 0 aliphatic carbocycles. The van der Waals surface area contributed by atoms with Crippen molar-refractivity contribution in [2.24, 2.45) is 11.5 Å². The molecule has 0 heterocycles. The maximum absolute atomic E-state index is 12.5. The summed E-state index contributed by atoms with van der Waals surface area (Å²) < 4.78 is 0. The Kier molecular flexibility index (Phi) is 15.0. The zero-order chi connectivity index (χ0) is 24.7. The van der Waals surface area contributed by atoms with Crippen molar-refractivity contribution in [1.29, 1.82) is 0 Å². The fourth-order valence-electron chi connectivity index (χ4n) is 2.53. The topological polar surface area (TPSA) is 234 Å². The molecule has 4 unspecified atom stereocenters. The second kappa shape index (κ2) is 16.2. The Balaban J connectivity index is 5.14. The minimum absolute atomic E-state index is 0.119. The van der Waals surface area contributed by atoms with Gasteiger partial charge in [-0.05, 0) is 37.8 Å². The van der Waals surface area contributed by atoms with Gasteiger partial charge in [-0.25, -0.2) is 4.79 Å². The fraction of sp³-hybridized carbons (Fsp3) is 0.722. The van der Waals surface area contributed by atoms with Gasteiger partial charge in [-0.2, -0.15) is 11.8 Å². The van der Waals surface area contributed by atoms with Crippen LogP contribution in [-0.2, 0) is 24.0 Å². The summed E-state index contributed by atoms with van der Waals surface area (Å²) in [5.74, 6) is -4.99. The quantitative estimate of drug-likeness (QED) is 0.0992. The highest BCUT2D eigenvalue weighted by Crippen LogP contribution is 2.03. The molecule has 32 heavy (non-hydrogen) atoms. The highest BCUT2D eigenvalue weighted by Gasteiger charge is 2.31. The number of carboxylic acids is 2. The van der Waals surface area contributed by atoms with E-state index in [-0.39, 0.29) is 12.8 Å². The van der Waals surface area contributed by atoms with Crippen molar-refractivity contribution in [3.63, 3.8) is 0 Å². The van der Waals surface area contributed by atoms with E-state index in [4.69, 9.17) is 16.6 Å². The van der Waals surface area contributed by atoms with Crippen LogP contribution in [0.15, 0.2) is 0 Å². The zero-order valence-corrected chi connectivity index (χ0v) is 18.7. The number of aliphatic hydroxyl groups excluding tert-OH is 1. The molecule has 0 bridgehead atoms. The zero-order valence-electron chi connectivity index (χ0n) is 17.9. The van der Waals surface area contributed by atoms with Gasteiger partial charge in [0.1, 0.15) is 18.1 Å². The van der Waals surface area contributed by atoms with Crippen LogP contribution in [0.25, 0.3) is 0 Å². The number of aliphatic carboxylic acids is 2. The number of nitrogens with one attached hydrogen (secondary N) is 3. The number of carbonyl (C=O) groups is 5. The first-order chi connectivity index (χ1) is 15.1. The second-order valence-corrected chi connectivity index (χ2v) is 7.96. The van der Waals surface area contributed by atoms with E-state index in [1.807, 2.05) is 0 Å². The fourth-order valence-corrected chi connectivity index (χ4v) is 3.01. The van der Waals surface area contributed by atoms with Crippen LogP contribution in [0.3, 0.4) is 0 Å². The minimum Gasteiger partial charge on any atom is -0.481 e. The molecule has 3 amide bonds. The number of aliphatic hydroxyl groups is 1. The molecule has 0 aromatic rings. The molecule has 0 spiro atoms. The van der Waals surface area contributed by atoms with Gasteiger partial charge in [-0.1, -0.05) is 6.42 Å². The van der Waals surface area contributed by atoms with Gasteiger partial charge >= 0.3 is 11.9 Å². The Morgan fingerprint density at radius 3 is 1.94 bits per heavy atom. The molecule has 0 aromatic heterocycles. The van der Waals surface area contributed by atoms with Crippen molar-refractivity contribution in [3.8, 4) is 0 Å². The molecule has 0 fully saturated rings. The predicted octanol–water partition coefficient (Wildman–Crippen LogP) is -2.80. The van der Waals surface area contributed by atoms with Crippen molar-refractivity contribution in [3.05, 3.63) is 0 Å². The number of carboxylic acid groups (broad SMARTS) is 2. The van der Waals surface area contributed by atoms with E-state index in [1.54, 1.807) is 6.26 Å². The van der Waals surface area contributed by atoms with E-state index in [2.05, 4.69) is 16.0 Å². The van der Waals surface area contributed by atoms with Crippen molar-refractivity contribution >= 4 is 41.4 Å². The Morgan fingerprint density at radius 1 is 0.875 bits per heavy atom. The van der Waals surface area contributed by atoms with Crippen LogP contribution >= 0.6 is 11.8 Å². The molecule has 14 heteroatoms. The van der Waals surface area contributed by atoms with E-state index in [9.17, 15) is 34.2 Å². The molecule has 184 valence electrons. The highest BCUT2D eigenvalue weighted by atomic mass is 32.2. The van der Waals surface area contributed by atoms with Gasteiger partial charge in [0.15, 0.2) is 0 Å².